The summed E-state index contributed by atoms with van der Waals surface area (Å²) in [5.41, 5.74) is 1.66. The average molecular weight is 534 g/mol. The average Bonchev–Trinajstić information content (AvgIpc) is 3.48. The molecule has 5 heterocycles. The fourth-order valence-electron chi connectivity index (χ4n) is 4.97. The number of benzene rings is 1. The molecule has 0 radical (unpaired) electrons. The molecule has 3 aliphatic heterocycles. The number of hydrogen-bond acceptors (Lipinski definition) is 9. The number of nitrogens with one attached hydrogen (secondary N) is 2. The van der Waals surface area contributed by atoms with E-state index in [0.29, 0.717) is 49.2 Å². The monoisotopic (exact) mass is 533 g/mol. The second kappa shape index (κ2) is 9.12. The van der Waals surface area contributed by atoms with Crippen molar-refractivity contribution in [2.75, 3.05) is 34.9 Å². The first-order valence-corrected chi connectivity index (χ1v) is 14.3. The molecule has 36 heavy (non-hydrogen) atoms. The van der Waals surface area contributed by atoms with Gasteiger partial charge in [-0.15, -0.1) is 0 Å². The summed E-state index contributed by atoms with van der Waals surface area (Å²) >= 11 is 1.40. The van der Waals surface area contributed by atoms with Crippen molar-refractivity contribution >= 4 is 38.2 Å². The lowest BCUT2D eigenvalue weighted by Gasteiger charge is -2.44. The Morgan fingerprint density at radius 1 is 1.17 bits per heavy atom. The van der Waals surface area contributed by atoms with E-state index in [1.54, 1.807) is 12.1 Å². The van der Waals surface area contributed by atoms with Crippen molar-refractivity contribution in [1.82, 2.24) is 15.5 Å². The molecule has 3 aromatic rings. The van der Waals surface area contributed by atoms with E-state index in [1.165, 1.54) is 23.5 Å². The molecule has 2 fully saturated rings. The number of carbonyl (C=O) groups excluding carboxylic acids is 1. The molecule has 2 saturated heterocycles. The minimum Gasteiger partial charge on any atom is -0.377 e. The third-order valence-corrected chi connectivity index (χ3v) is 9.61. The van der Waals surface area contributed by atoms with Crippen LogP contribution in [0.1, 0.15) is 29.5 Å². The fraction of sp³-hybridized carbons (Fsp3) is 0.435. The molecule has 2 bridgehead atoms. The Hall–Kier alpha value is -3.03. The molecule has 2 N–H and O–H groups in total. The normalized spacial score (nSPS) is 23.2. The molecule has 0 saturated carbocycles. The van der Waals surface area contributed by atoms with Crippen LogP contribution < -0.4 is 15.5 Å². The molecule has 3 aliphatic rings. The van der Waals surface area contributed by atoms with Crippen molar-refractivity contribution in [2.45, 2.75) is 37.4 Å². The van der Waals surface area contributed by atoms with Gasteiger partial charge in [0, 0.05) is 24.1 Å². The molecular formula is C23H24FN5O5S2. The van der Waals surface area contributed by atoms with Gasteiger partial charge in [-0.3, -0.25) is 5.32 Å². The van der Waals surface area contributed by atoms with Crippen molar-refractivity contribution in [3.8, 4) is 11.3 Å². The smallest absolute Gasteiger partial charge is 0.321 e. The second-order valence-electron chi connectivity index (χ2n) is 9.23. The van der Waals surface area contributed by atoms with Crippen molar-refractivity contribution < 1.29 is 26.9 Å². The van der Waals surface area contributed by atoms with Crippen molar-refractivity contribution in [3.05, 3.63) is 46.7 Å². The molecule has 190 valence electrons. The van der Waals surface area contributed by atoms with Crippen LogP contribution in [-0.2, 0) is 21.0 Å². The van der Waals surface area contributed by atoms with Crippen LogP contribution in [0.4, 0.5) is 20.1 Å². The number of sulfone groups is 1. The summed E-state index contributed by atoms with van der Waals surface area (Å²) in [5.74, 6) is 1.09. The predicted octanol–water partition coefficient (Wildman–Crippen LogP) is 3.14. The Morgan fingerprint density at radius 2 is 1.94 bits per heavy atom. The van der Waals surface area contributed by atoms with Crippen LogP contribution in [0.2, 0.25) is 0 Å². The number of rotatable bonds is 4. The highest BCUT2D eigenvalue weighted by atomic mass is 32.2. The Labute approximate surface area is 210 Å². The maximum atomic E-state index is 13.3. The third-order valence-electron chi connectivity index (χ3n) is 6.78. The number of aromatic nitrogens is 2. The van der Waals surface area contributed by atoms with Crippen LogP contribution in [0.5, 0.6) is 0 Å². The lowest BCUT2D eigenvalue weighted by molar-refractivity contribution is 0.0601. The number of amides is 2. The molecule has 10 nitrogen and oxygen atoms in total. The molecular weight excluding hydrogens is 509 g/mol. The highest BCUT2D eigenvalue weighted by Crippen LogP contribution is 2.43. The van der Waals surface area contributed by atoms with Crippen LogP contribution in [0, 0.1) is 5.82 Å². The number of anilines is 2. The van der Waals surface area contributed by atoms with Gasteiger partial charge in [0.05, 0.1) is 47.4 Å². The molecule has 13 heteroatoms. The van der Waals surface area contributed by atoms with E-state index in [0.717, 1.165) is 16.1 Å². The van der Waals surface area contributed by atoms with E-state index >= 15 is 0 Å². The fourth-order valence-corrected chi connectivity index (χ4v) is 7.54. The first kappa shape index (κ1) is 23.4. The van der Waals surface area contributed by atoms with Gasteiger partial charge in [-0.25, -0.2) is 22.6 Å². The van der Waals surface area contributed by atoms with Gasteiger partial charge in [0.15, 0.2) is 16.7 Å². The number of nitrogens with zero attached hydrogens (tertiary/aromatic N) is 3. The minimum atomic E-state index is -2.99. The summed E-state index contributed by atoms with van der Waals surface area (Å²) in [6.07, 6.45) is 1.46. The van der Waals surface area contributed by atoms with Gasteiger partial charge in [0.25, 0.3) is 0 Å². The lowest BCUT2D eigenvalue weighted by atomic mass is 9.96. The zero-order valence-electron chi connectivity index (χ0n) is 19.1. The van der Waals surface area contributed by atoms with Crippen LogP contribution in [0.25, 0.3) is 11.3 Å². The van der Waals surface area contributed by atoms with Crippen LogP contribution in [0.15, 0.2) is 34.9 Å². The molecule has 2 amide bonds. The Bertz CT molecular complexity index is 1380. The van der Waals surface area contributed by atoms with Gasteiger partial charge in [-0.2, -0.15) is 0 Å². The van der Waals surface area contributed by atoms with E-state index in [2.05, 4.69) is 25.7 Å². The topological polar surface area (TPSA) is 127 Å². The molecule has 6 rings (SSSR count). The maximum Gasteiger partial charge on any atom is 0.321 e. The molecule has 0 spiro atoms. The lowest BCUT2D eigenvalue weighted by Crippen LogP contribution is -2.51. The summed E-state index contributed by atoms with van der Waals surface area (Å²) in [6, 6.07) is 7.23. The summed E-state index contributed by atoms with van der Waals surface area (Å²) < 4.78 is 47.9. The number of ether oxygens (including phenoxy) is 1. The summed E-state index contributed by atoms with van der Waals surface area (Å²) in [4.78, 5) is 20.4. The van der Waals surface area contributed by atoms with Gasteiger partial charge >= 0.3 is 6.03 Å². The minimum absolute atomic E-state index is 0.00961. The first-order valence-electron chi connectivity index (χ1n) is 11.7. The van der Waals surface area contributed by atoms with E-state index in [-0.39, 0.29) is 41.5 Å². The van der Waals surface area contributed by atoms with Crippen LogP contribution in [0.3, 0.4) is 0 Å². The van der Waals surface area contributed by atoms with E-state index in [9.17, 15) is 17.6 Å². The highest BCUT2D eigenvalue weighted by Gasteiger charge is 2.42. The summed E-state index contributed by atoms with van der Waals surface area (Å²) in [7, 11) is -2.99. The SMILES string of the molecule is O=C(Nc1nc2c(s1)[C@@H]1COC[C@H](C2)N1c1cc(-c2ccc(F)cc2)on1)NC1CCS(=O)(=O)CC1. The van der Waals surface area contributed by atoms with Gasteiger partial charge < -0.3 is 19.5 Å². The van der Waals surface area contributed by atoms with Crippen molar-refractivity contribution in [1.29, 1.82) is 0 Å². The second-order valence-corrected chi connectivity index (χ2v) is 12.6. The largest absolute Gasteiger partial charge is 0.377 e. The number of thiazole rings is 1. The van der Waals surface area contributed by atoms with E-state index < -0.39 is 9.84 Å². The maximum absolute atomic E-state index is 13.3. The van der Waals surface area contributed by atoms with Crippen LogP contribution >= 0.6 is 11.3 Å². The first-order chi connectivity index (χ1) is 17.3. The quantitative estimate of drug-likeness (QED) is 0.524. The predicted molar refractivity (Wildman–Crippen MR) is 131 cm³/mol. The standard InChI is InChI=1S/C23H24FN5O5S2/c24-14-3-1-13(2-4-14)19-10-20(28-34-19)29-16-9-17-21(18(29)12-33-11-16)35-23(26-17)27-22(30)25-15-5-7-36(31,32)8-6-15/h1-4,10,15-16,18H,5-9,11-12H2,(H2,25,26,27,30)/t16-,18-/m0/s1. The van der Waals surface area contributed by atoms with Gasteiger partial charge in [0.2, 0.25) is 0 Å². The van der Waals surface area contributed by atoms with Gasteiger partial charge in [-0.05, 0) is 37.1 Å². The Morgan fingerprint density at radius 3 is 2.72 bits per heavy atom. The summed E-state index contributed by atoms with van der Waals surface area (Å²) in [6.45, 7) is 0.965. The molecule has 2 atom stereocenters. The Balaban J connectivity index is 1.18. The number of fused-ring (bicyclic) bond motifs is 4. The number of hydrogen-bond donors (Lipinski definition) is 2. The summed E-state index contributed by atoms with van der Waals surface area (Å²) in [5, 5.41) is 10.4. The number of halogens is 1. The number of carbonyl (C=O) groups is 1. The number of morpholine rings is 1. The zero-order valence-corrected chi connectivity index (χ0v) is 20.8. The number of urea groups is 1. The van der Waals surface area contributed by atoms with Crippen LogP contribution in [-0.4, -0.2) is 61.4 Å². The molecule has 0 aliphatic carbocycles. The van der Waals surface area contributed by atoms with Crippen molar-refractivity contribution in [3.63, 3.8) is 0 Å². The molecule has 1 aromatic carbocycles. The zero-order chi connectivity index (χ0) is 24.9. The molecule has 2 aromatic heterocycles. The van der Waals surface area contributed by atoms with E-state index in [4.69, 9.17) is 9.26 Å². The third kappa shape index (κ3) is 4.58. The van der Waals surface area contributed by atoms with Gasteiger partial charge in [-0.1, -0.05) is 16.5 Å². The van der Waals surface area contributed by atoms with Gasteiger partial charge in [0.1, 0.15) is 15.7 Å². The Kier molecular flexibility index (Phi) is 5.92. The van der Waals surface area contributed by atoms with Crippen molar-refractivity contribution in [2.24, 2.45) is 0 Å². The highest BCUT2D eigenvalue weighted by molar-refractivity contribution is 7.91. The molecule has 0 unspecified atom stereocenters. The van der Waals surface area contributed by atoms with E-state index in [1.807, 2.05) is 6.07 Å².